The second-order valence-corrected chi connectivity index (χ2v) is 8.20. The Labute approximate surface area is 169 Å². The maximum Gasteiger partial charge on any atom is 0.387 e. The van der Waals surface area contributed by atoms with Crippen LogP contribution in [-0.4, -0.2) is 38.3 Å². The van der Waals surface area contributed by atoms with Gasteiger partial charge in [-0.3, -0.25) is 4.79 Å². The molecule has 158 valence electrons. The summed E-state index contributed by atoms with van der Waals surface area (Å²) >= 11 is 0. The third kappa shape index (κ3) is 5.74. The predicted molar refractivity (Wildman–Crippen MR) is 106 cm³/mol. The van der Waals surface area contributed by atoms with E-state index in [9.17, 15) is 22.0 Å². The molecular weight excluding hydrogens is 402 g/mol. The first-order chi connectivity index (χ1) is 13.7. The number of hydrogen-bond acceptors (Lipinski definition) is 4. The number of nitrogens with one attached hydrogen (secondary N) is 1. The van der Waals surface area contributed by atoms with E-state index in [1.165, 1.54) is 40.7 Å². The molecule has 0 saturated carbocycles. The van der Waals surface area contributed by atoms with E-state index in [0.717, 1.165) is 0 Å². The number of carbonyl (C=O) groups excluding carboxylic acids is 1. The largest absolute Gasteiger partial charge is 0.435 e. The zero-order chi connectivity index (χ0) is 21.6. The number of nitrogens with zero attached hydrogens (tertiary/aromatic N) is 1. The molecule has 2 aromatic rings. The Hall–Kier alpha value is -2.52. The number of rotatable bonds is 9. The Balaban J connectivity index is 2.11. The van der Waals surface area contributed by atoms with Gasteiger partial charge in [-0.25, -0.2) is 8.42 Å². The summed E-state index contributed by atoms with van der Waals surface area (Å²) in [4.78, 5) is 12.6. The Morgan fingerprint density at radius 3 is 2.28 bits per heavy atom. The number of carbonyl (C=O) groups is 1. The highest BCUT2D eigenvalue weighted by Gasteiger charge is 2.22. The third-order valence-corrected chi connectivity index (χ3v) is 6.46. The van der Waals surface area contributed by atoms with Crippen molar-refractivity contribution < 1.29 is 26.7 Å². The zero-order valence-electron chi connectivity index (χ0n) is 16.4. The minimum absolute atomic E-state index is 0.105. The summed E-state index contributed by atoms with van der Waals surface area (Å²) in [5, 5.41) is 2.75. The first-order valence-corrected chi connectivity index (χ1v) is 10.6. The van der Waals surface area contributed by atoms with E-state index >= 15 is 0 Å². The van der Waals surface area contributed by atoms with Crippen LogP contribution in [0.4, 0.5) is 8.78 Å². The Kier molecular flexibility index (Phi) is 7.69. The highest BCUT2D eigenvalue weighted by Crippen LogP contribution is 2.21. The number of halogens is 2. The van der Waals surface area contributed by atoms with Crippen molar-refractivity contribution in [2.24, 2.45) is 0 Å². The molecule has 9 heteroatoms. The molecule has 0 heterocycles. The van der Waals surface area contributed by atoms with Gasteiger partial charge in [0, 0.05) is 18.7 Å². The molecule has 0 saturated heterocycles. The number of alkyl halides is 2. The van der Waals surface area contributed by atoms with Gasteiger partial charge in [0.1, 0.15) is 5.75 Å². The monoisotopic (exact) mass is 426 g/mol. The van der Waals surface area contributed by atoms with E-state index < -0.39 is 28.6 Å². The summed E-state index contributed by atoms with van der Waals surface area (Å²) in [5.74, 6) is -0.566. The summed E-state index contributed by atoms with van der Waals surface area (Å²) in [6.45, 7) is 3.06. The summed E-state index contributed by atoms with van der Waals surface area (Å²) < 4.78 is 55.4. The van der Waals surface area contributed by atoms with Gasteiger partial charge >= 0.3 is 6.61 Å². The van der Waals surface area contributed by atoms with Gasteiger partial charge in [-0.05, 0) is 42.8 Å². The van der Waals surface area contributed by atoms with Crippen molar-refractivity contribution in [1.82, 2.24) is 9.62 Å². The van der Waals surface area contributed by atoms with E-state index in [0.29, 0.717) is 18.7 Å². The van der Waals surface area contributed by atoms with Gasteiger partial charge in [0.25, 0.3) is 5.91 Å². The third-order valence-electron chi connectivity index (χ3n) is 4.39. The Morgan fingerprint density at radius 2 is 1.72 bits per heavy atom. The van der Waals surface area contributed by atoms with Crippen LogP contribution in [0.1, 0.15) is 42.7 Å². The van der Waals surface area contributed by atoms with Crippen molar-refractivity contribution in [3.63, 3.8) is 0 Å². The Bertz CT molecular complexity index is 930. The lowest BCUT2D eigenvalue weighted by atomic mass is 10.1. The maximum absolute atomic E-state index is 12.5. The molecule has 0 aliphatic rings. The van der Waals surface area contributed by atoms with Crippen LogP contribution >= 0.6 is 0 Å². The van der Waals surface area contributed by atoms with E-state index in [4.69, 9.17) is 0 Å². The molecule has 0 radical (unpaired) electrons. The molecule has 29 heavy (non-hydrogen) atoms. The van der Waals surface area contributed by atoms with Crippen molar-refractivity contribution in [3.8, 4) is 5.75 Å². The van der Waals surface area contributed by atoms with Crippen LogP contribution in [-0.2, 0) is 10.0 Å². The van der Waals surface area contributed by atoms with Gasteiger partial charge < -0.3 is 10.1 Å². The van der Waals surface area contributed by atoms with Crippen LogP contribution in [0.15, 0.2) is 53.4 Å². The quantitative estimate of drug-likeness (QED) is 0.662. The summed E-state index contributed by atoms with van der Waals surface area (Å²) in [6, 6.07) is 11.4. The molecule has 0 aliphatic carbocycles. The van der Waals surface area contributed by atoms with Crippen LogP contribution in [0, 0.1) is 0 Å². The standard InChI is InChI=1S/C20H24F2N2O4S/c1-4-24(5-2)29(26,27)18-11-9-15(10-12-18)14(3)23-19(25)16-7-6-8-17(13-16)28-20(21)22/h6-14,20H,4-5H2,1-3H3,(H,23,25). The normalized spacial score (nSPS) is 12.8. The molecule has 1 atom stereocenters. The molecule has 0 spiro atoms. The predicted octanol–water partition coefficient (Wildman–Crippen LogP) is 3.81. The fourth-order valence-corrected chi connectivity index (χ4v) is 4.28. The molecular formula is C20H24F2N2O4S. The molecule has 0 fully saturated rings. The molecule has 2 rings (SSSR count). The number of amides is 1. The lowest BCUT2D eigenvalue weighted by molar-refractivity contribution is -0.0498. The van der Waals surface area contributed by atoms with Gasteiger partial charge in [0.15, 0.2) is 0 Å². The molecule has 0 bridgehead atoms. The number of hydrogen-bond donors (Lipinski definition) is 1. The van der Waals surface area contributed by atoms with Crippen molar-refractivity contribution >= 4 is 15.9 Å². The topological polar surface area (TPSA) is 75.7 Å². The molecule has 1 N–H and O–H groups in total. The van der Waals surface area contributed by atoms with E-state index in [1.807, 2.05) is 0 Å². The summed E-state index contributed by atoms with van der Waals surface area (Å²) in [6.07, 6.45) is 0. The van der Waals surface area contributed by atoms with Gasteiger partial charge in [0.05, 0.1) is 10.9 Å². The lowest BCUT2D eigenvalue weighted by Gasteiger charge is -2.19. The van der Waals surface area contributed by atoms with Crippen LogP contribution in [0.5, 0.6) is 5.75 Å². The van der Waals surface area contributed by atoms with Crippen molar-refractivity contribution in [2.45, 2.75) is 38.3 Å². The minimum atomic E-state index is -3.55. The van der Waals surface area contributed by atoms with Crippen molar-refractivity contribution in [1.29, 1.82) is 0 Å². The lowest BCUT2D eigenvalue weighted by Crippen LogP contribution is -2.30. The number of sulfonamides is 1. The first-order valence-electron chi connectivity index (χ1n) is 9.14. The highest BCUT2D eigenvalue weighted by molar-refractivity contribution is 7.89. The molecule has 6 nitrogen and oxygen atoms in total. The number of benzene rings is 2. The molecule has 0 aliphatic heterocycles. The maximum atomic E-state index is 12.5. The van der Waals surface area contributed by atoms with Gasteiger partial charge in [0.2, 0.25) is 10.0 Å². The minimum Gasteiger partial charge on any atom is -0.435 e. The fourth-order valence-electron chi connectivity index (χ4n) is 2.82. The van der Waals surface area contributed by atoms with Crippen molar-refractivity contribution in [3.05, 3.63) is 59.7 Å². The molecule has 1 unspecified atom stereocenters. The fraction of sp³-hybridized carbons (Fsp3) is 0.350. The second kappa shape index (κ2) is 9.80. The van der Waals surface area contributed by atoms with Crippen molar-refractivity contribution in [2.75, 3.05) is 13.1 Å². The second-order valence-electron chi connectivity index (χ2n) is 6.26. The van der Waals surface area contributed by atoms with Gasteiger partial charge in [-0.15, -0.1) is 0 Å². The smallest absolute Gasteiger partial charge is 0.387 e. The van der Waals surface area contributed by atoms with E-state index in [-0.39, 0.29) is 16.2 Å². The highest BCUT2D eigenvalue weighted by atomic mass is 32.2. The Morgan fingerprint density at radius 1 is 1.10 bits per heavy atom. The van der Waals surface area contributed by atoms with Gasteiger partial charge in [-0.2, -0.15) is 13.1 Å². The SMILES string of the molecule is CCN(CC)S(=O)(=O)c1ccc(C(C)NC(=O)c2cccc(OC(F)F)c2)cc1. The van der Waals surface area contributed by atoms with Crippen LogP contribution in [0.25, 0.3) is 0 Å². The summed E-state index contributed by atoms with van der Waals surface area (Å²) in [5.41, 5.74) is 0.882. The van der Waals surface area contributed by atoms with Crippen LogP contribution in [0.2, 0.25) is 0 Å². The average Bonchev–Trinajstić information content (AvgIpc) is 2.68. The van der Waals surface area contributed by atoms with Crippen LogP contribution in [0.3, 0.4) is 0 Å². The van der Waals surface area contributed by atoms with E-state index in [1.54, 1.807) is 32.9 Å². The number of ether oxygens (including phenoxy) is 1. The molecule has 1 amide bonds. The summed E-state index contributed by atoms with van der Waals surface area (Å²) in [7, 11) is -3.55. The zero-order valence-corrected chi connectivity index (χ0v) is 17.2. The van der Waals surface area contributed by atoms with Gasteiger partial charge in [-0.1, -0.05) is 32.0 Å². The van der Waals surface area contributed by atoms with Crippen LogP contribution < -0.4 is 10.1 Å². The molecule has 0 aromatic heterocycles. The molecule has 2 aromatic carbocycles. The average molecular weight is 426 g/mol. The van der Waals surface area contributed by atoms with E-state index in [2.05, 4.69) is 10.1 Å². The first kappa shape index (κ1) is 22.8.